The maximum absolute atomic E-state index is 12.5. The number of piperidine rings is 1. The Hall–Kier alpha value is -2.41. The molecule has 136 valence electrons. The van der Waals surface area contributed by atoms with Gasteiger partial charge in [0.1, 0.15) is 0 Å². The third kappa shape index (κ3) is 5.56. The molecule has 1 heterocycles. The molecule has 0 aliphatic carbocycles. The van der Waals surface area contributed by atoms with E-state index in [9.17, 15) is 14.4 Å². The number of nitrogens with one attached hydrogen (secondary N) is 1. The minimum atomic E-state index is -0.794. The summed E-state index contributed by atoms with van der Waals surface area (Å²) in [6.07, 6.45) is 2.01. The number of carboxylic acids is 1. The molecule has 7 nitrogen and oxygen atoms in total. The van der Waals surface area contributed by atoms with Crippen LogP contribution in [0, 0.1) is 5.92 Å². The van der Waals surface area contributed by atoms with Crippen LogP contribution in [0.2, 0.25) is 0 Å². The van der Waals surface area contributed by atoms with Gasteiger partial charge in [-0.2, -0.15) is 0 Å². The first-order valence-corrected chi connectivity index (χ1v) is 8.42. The molecule has 7 heteroatoms. The van der Waals surface area contributed by atoms with Crippen LogP contribution in [-0.4, -0.2) is 54.6 Å². The lowest BCUT2D eigenvalue weighted by Crippen LogP contribution is -2.40. The lowest BCUT2D eigenvalue weighted by molar-refractivity contribution is -0.143. The lowest BCUT2D eigenvalue weighted by Gasteiger charge is -2.30. The van der Waals surface area contributed by atoms with E-state index in [2.05, 4.69) is 5.32 Å². The van der Waals surface area contributed by atoms with Gasteiger partial charge in [-0.3, -0.25) is 14.4 Å². The molecule has 1 fully saturated rings. The van der Waals surface area contributed by atoms with Crippen LogP contribution in [0.15, 0.2) is 24.3 Å². The topological polar surface area (TPSA) is 95.9 Å². The summed E-state index contributed by atoms with van der Waals surface area (Å²) >= 11 is 0. The van der Waals surface area contributed by atoms with Crippen molar-refractivity contribution in [3.8, 4) is 0 Å². The van der Waals surface area contributed by atoms with Gasteiger partial charge in [-0.1, -0.05) is 0 Å². The molecule has 2 rings (SSSR count). The van der Waals surface area contributed by atoms with E-state index < -0.39 is 5.97 Å². The summed E-state index contributed by atoms with van der Waals surface area (Å²) in [4.78, 5) is 36.9. The zero-order chi connectivity index (χ0) is 18.2. The number of likely N-dealkylation sites (tertiary alicyclic amines) is 1. The van der Waals surface area contributed by atoms with Gasteiger partial charge in [0.15, 0.2) is 0 Å². The monoisotopic (exact) mass is 348 g/mol. The number of carbonyl (C=O) groups excluding carboxylic acids is 2. The van der Waals surface area contributed by atoms with E-state index in [1.165, 1.54) is 0 Å². The Balaban J connectivity index is 1.86. The van der Waals surface area contributed by atoms with Crippen LogP contribution in [0.25, 0.3) is 0 Å². The van der Waals surface area contributed by atoms with E-state index in [0.717, 1.165) is 0 Å². The first-order valence-electron chi connectivity index (χ1n) is 8.42. The fraction of sp³-hybridized carbons (Fsp3) is 0.500. The smallest absolute Gasteiger partial charge is 0.306 e. The Morgan fingerprint density at radius 1 is 1.20 bits per heavy atom. The number of ether oxygens (including phenoxy) is 1. The first kappa shape index (κ1) is 18.9. The largest absolute Gasteiger partial charge is 0.481 e. The summed E-state index contributed by atoms with van der Waals surface area (Å²) < 4.78 is 4.91. The van der Waals surface area contributed by atoms with Crippen LogP contribution >= 0.6 is 0 Å². The third-order valence-electron chi connectivity index (χ3n) is 4.30. The SMILES string of the molecule is COCCCC(=O)Nc1ccc(C(=O)N2CCC(C(=O)O)CC2)cc1. The maximum Gasteiger partial charge on any atom is 0.306 e. The molecule has 0 aromatic heterocycles. The number of methoxy groups -OCH3 is 1. The number of amides is 2. The highest BCUT2D eigenvalue weighted by molar-refractivity contribution is 5.96. The van der Waals surface area contributed by atoms with E-state index in [4.69, 9.17) is 9.84 Å². The lowest BCUT2D eigenvalue weighted by atomic mass is 9.96. The molecular formula is C18H24N2O5. The molecule has 1 aliphatic heterocycles. The van der Waals surface area contributed by atoms with Crippen molar-refractivity contribution in [3.05, 3.63) is 29.8 Å². The Morgan fingerprint density at radius 3 is 2.40 bits per heavy atom. The minimum absolute atomic E-state index is 0.0909. The zero-order valence-electron chi connectivity index (χ0n) is 14.4. The van der Waals surface area contributed by atoms with Crippen molar-refractivity contribution in [2.45, 2.75) is 25.7 Å². The van der Waals surface area contributed by atoms with E-state index in [1.54, 1.807) is 36.3 Å². The molecule has 1 aromatic rings. The van der Waals surface area contributed by atoms with Crippen molar-refractivity contribution in [2.75, 3.05) is 32.1 Å². The second-order valence-electron chi connectivity index (χ2n) is 6.13. The average molecular weight is 348 g/mol. The molecule has 0 radical (unpaired) electrons. The molecule has 0 saturated carbocycles. The van der Waals surface area contributed by atoms with Crippen molar-refractivity contribution in [1.29, 1.82) is 0 Å². The van der Waals surface area contributed by atoms with Crippen molar-refractivity contribution < 1.29 is 24.2 Å². The van der Waals surface area contributed by atoms with E-state index >= 15 is 0 Å². The number of hydrogen-bond donors (Lipinski definition) is 2. The number of carbonyl (C=O) groups is 3. The average Bonchev–Trinajstić information content (AvgIpc) is 2.62. The van der Waals surface area contributed by atoms with Gasteiger partial charge in [0.25, 0.3) is 5.91 Å². The van der Waals surface area contributed by atoms with Crippen LogP contribution in [0.4, 0.5) is 5.69 Å². The van der Waals surface area contributed by atoms with Crippen LogP contribution in [0.3, 0.4) is 0 Å². The normalized spacial score (nSPS) is 15.0. The summed E-state index contributed by atoms with van der Waals surface area (Å²) in [5.41, 5.74) is 1.18. The fourth-order valence-electron chi connectivity index (χ4n) is 2.81. The molecule has 0 atom stereocenters. The van der Waals surface area contributed by atoms with Crippen molar-refractivity contribution in [2.24, 2.45) is 5.92 Å². The number of carboxylic acid groups (broad SMARTS) is 1. The van der Waals surface area contributed by atoms with Crippen molar-refractivity contribution >= 4 is 23.5 Å². The number of aliphatic carboxylic acids is 1. The molecule has 1 aliphatic rings. The molecule has 0 bridgehead atoms. The van der Waals surface area contributed by atoms with Gasteiger partial charge < -0.3 is 20.1 Å². The minimum Gasteiger partial charge on any atom is -0.481 e. The van der Waals surface area contributed by atoms with Crippen LogP contribution in [0.5, 0.6) is 0 Å². The van der Waals surface area contributed by atoms with Gasteiger partial charge in [0.2, 0.25) is 5.91 Å². The number of hydrogen-bond acceptors (Lipinski definition) is 4. The van der Waals surface area contributed by atoms with Gasteiger partial charge in [-0.25, -0.2) is 0 Å². The number of rotatable bonds is 7. The van der Waals surface area contributed by atoms with Crippen LogP contribution in [0.1, 0.15) is 36.0 Å². The molecule has 1 saturated heterocycles. The second-order valence-corrected chi connectivity index (χ2v) is 6.13. The van der Waals surface area contributed by atoms with E-state index in [-0.39, 0.29) is 17.7 Å². The number of benzene rings is 1. The van der Waals surface area contributed by atoms with Crippen molar-refractivity contribution in [1.82, 2.24) is 4.90 Å². The summed E-state index contributed by atoms with van der Waals surface area (Å²) in [6, 6.07) is 6.75. The summed E-state index contributed by atoms with van der Waals surface area (Å²) in [5, 5.41) is 11.8. The zero-order valence-corrected chi connectivity index (χ0v) is 14.4. The Bertz CT molecular complexity index is 606. The number of anilines is 1. The number of nitrogens with zero attached hydrogens (tertiary/aromatic N) is 1. The molecule has 1 aromatic carbocycles. The molecule has 2 N–H and O–H groups in total. The van der Waals surface area contributed by atoms with Gasteiger partial charge in [-0.15, -0.1) is 0 Å². The molecule has 2 amide bonds. The standard InChI is InChI=1S/C18H24N2O5/c1-25-12-2-3-16(21)19-15-6-4-13(5-7-15)17(22)20-10-8-14(9-11-20)18(23)24/h4-7,14H,2-3,8-12H2,1H3,(H,19,21)(H,23,24). The molecule has 25 heavy (non-hydrogen) atoms. The van der Waals surface area contributed by atoms with E-state index in [1.807, 2.05) is 0 Å². The Labute approximate surface area is 147 Å². The summed E-state index contributed by atoms with van der Waals surface area (Å²) in [6.45, 7) is 1.45. The predicted molar refractivity (Wildman–Crippen MR) is 92.4 cm³/mol. The Morgan fingerprint density at radius 2 is 1.84 bits per heavy atom. The van der Waals surface area contributed by atoms with Gasteiger partial charge >= 0.3 is 5.97 Å². The predicted octanol–water partition coefficient (Wildman–Crippen LogP) is 1.99. The molecular weight excluding hydrogens is 324 g/mol. The summed E-state index contributed by atoms with van der Waals surface area (Å²) in [7, 11) is 1.60. The van der Waals surface area contributed by atoms with Gasteiger partial charge in [0.05, 0.1) is 5.92 Å². The van der Waals surface area contributed by atoms with Gasteiger partial charge in [0, 0.05) is 44.5 Å². The van der Waals surface area contributed by atoms with Crippen molar-refractivity contribution in [3.63, 3.8) is 0 Å². The molecule has 0 spiro atoms. The summed E-state index contributed by atoms with van der Waals surface area (Å²) in [5.74, 6) is -1.36. The highest BCUT2D eigenvalue weighted by atomic mass is 16.5. The highest BCUT2D eigenvalue weighted by Crippen LogP contribution is 2.20. The molecule has 0 unspecified atom stereocenters. The fourth-order valence-corrected chi connectivity index (χ4v) is 2.81. The highest BCUT2D eigenvalue weighted by Gasteiger charge is 2.27. The van der Waals surface area contributed by atoms with Gasteiger partial charge in [-0.05, 0) is 43.5 Å². The third-order valence-corrected chi connectivity index (χ3v) is 4.30. The quantitative estimate of drug-likeness (QED) is 0.735. The first-order chi connectivity index (χ1) is 12.0. The maximum atomic E-state index is 12.5. The van der Waals surface area contributed by atoms with Crippen LogP contribution in [-0.2, 0) is 14.3 Å². The second kappa shape index (κ2) is 9.17. The van der Waals surface area contributed by atoms with Crippen LogP contribution < -0.4 is 5.32 Å². The Kier molecular flexibility index (Phi) is 6.94. The van der Waals surface area contributed by atoms with E-state index in [0.29, 0.717) is 56.6 Å².